The molecule has 3 heteroatoms. The summed E-state index contributed by atoms with van der Waals surface area (Å²) in [4.78, 5) is 0. The van der Waals surface area contributed by atoms with Gasteiger partial charge in [0.25, 0.3) is 0 Å². The minimum atomic E-state index is 0.342. The summed E-state index contributed by atoms with van der Waals surface area (Å²) in [5.41, 5.74) is 0. The first-order chi connectivity index (χ1) is 7.40. The highest BCUT2D eigenvalue weighted by molar-refractivity contribution is 5.01. The van der Waals surface area contributed by atoms with E-state index in [1.165, 1.54) is 12.8 Å². The van der Waals surface area contributed by atoms with Gasteiger partial charge in [-0.15, -0.1) is 0 Å². The average Bonchev–Trinajstić information content (AvgIpc) is 2.80. The Morgan fingerprint density at radius 1 is 1.53 bits per heavy atom. The third-order valence-electron chi connectivity index (χ3n) is 3.04. The smallest absolute Gasteiger partial charge is 0.105 e. The van der Waals surface area contributed by atoms with E-state index in [2.05, 4.69) is 5.32 Å². The number of furan rings is 1. The van der Waals surface area contributed by atoms with E-state index in [0.717, 1.165) is 25.2 Å². The zero-order valence-corrected chi connectivity index (χ0v) is 9.24. The van der Waals surface area contributed by atoms with Crippen LogP contribution in [0.1, 0.15) is 25.0 Å². The molecule has 1 fully saturated rings. The topological polar surface area (TPSA) is 34.4 Å². The van der Waals surface area contributed by atoms with Crippen LogP contribution in [0, 0.1) is 0 Å². The van der Waals surface area contributed by atoms with Gasteiger partial charge in [-0.1, -0.05) is 0 Å². The summed E-state index contributed by atoms with van der Waals surface area (Å²) in [5, 5.41) is 3.33. The fourth-order valence-corrected chi connectivity index (χ4v) is 2.15. The Morgan fingerprint density at radius 3 is 3.07 bits per heavy atom. The Balaban J connectivity index is 1.91. The summed E-state index contributed by atoms with van der Waals surface area (Å²) in [6, 6.07) is 4.33. The van der Waals surface area contributed by atoms with Gasteiger partial charge < -0.3 is 14.5 Å². The molecule has 3 nitrogen and oxygen atoms in total. The maximum absolute atomic E-state index is 5.78. The van der Waals surface area contributed by atoms with Crippen molar-refractivity contribution >= 4 is 0 Å². The molecule has 1 aromatic rings. The molecule has 0 aliphatic carbocycles. The van der Waals surface area contributed by atoms with E-state index in [1.54, 1.807) is 6.26 Å². The molecule has 0 radical (unpaired) electrons. The lowest BCUT2D eigenvalue weighted by Crippen LogP contribution is -2.42. The van der Waals surface area contributed by atoms with E-state index in [9.17, 15) is 0 Å². The Labute approximate surface area is 90.8 Å². The monoisotopic (exact) mass is 209 g/mol. The highest BCUT2D eigenvalue weighted by Gasteiger charge is 2.23. The van der Waals surface area contributed by atoms with Gasteiger partial charge in [0.05, 0.1) is 12.4 Å². The van der Waals surface area contributed by atoms with Gasteiger partial charge in [-0.3, -0.25) is 0 Å². The van der Waals surface area contributed by atoms with Gasteiger partial charge in [-0.2, -0.15) is 0 Å². The number of likely N-dealkylation sites (N-methyl/N-ethyl adjacent to an activating group) is 1. The second kappa shape index (κ2) is 5.33. The van der Waals surface area contributed by atoms with Crippen LogP contribution in [0.15, 0.2) is 22.8 Å². The molecule has 2 rings (SSSR count). The average molecular weight is 209 g/mol. The molecule has 2 heterocycles. The van der Waals surface area contributed by atoms with E-state index in [1.807, 2.05) is 19.2 Å². The van der Waals surface area contributed by atoms with Crippen LogP contribution in [0.2, 0.25) is 0 Å². The molecule has 1 aromatic heterocycles. The quantitative estimate of drug-likeness (QED) is 0.823. The lowest BCUT2D eigenvalue weighted by atomic mass is 9.99. The Morgan fingerprint density at radius 2 is 2.47 bits per heavy atom. The minimum absolute atomic E-state index is 0.342. The Kier molecular flexibility index (Phi) is 3.80. The molecule has 1 N–H and O–H groups in total. The number of rotatable bonds is 4. The molecule has 0 aromatic carbocycles. The zero-order valence-electron chi connectivity index (χ0n) is 9.24. The van der Waals surface area contributed by atoms with Gasteiger partial charge in [-0.05, 0) is 38.4 Å². The number of ether oxygens (including phenoxy) is 1. The maximum atomic E-state index is 5.78. The molecule has 0 amide bonds. The van der Waals surface area contributed by atoms with Gasteiger partial charge in [0.15, 0.2) is 0 Å². The molecule has 1 aliphatic rings. The molecule has 2 unspecified atom stereocenters. The summed E-state index contributed by atoms with van der Waals surface area (Å²) < 4.78 is 11.1. The predicted octanol–water partition coefficient (Wildman–Crippen LogP) is 1.98. The van der Waals surface area contributed by atoms with Crippen LogP contribution >= 0.6 is 0 Å². The van der Waals surface area contributed by atoms with Gasteiger partial charge in [0.2, 0.25) is 0 Å². The predicted molar refractivity (Wildman–Crippen MR) is 58.9 cm³/mol. The molecule has 1 saturated heterocycles. The normalized spacial score (nSPS) is 23.9. The number of nitrogens with one attached hydrogen (secondary N) is 1. The van der Waals surface area contributed by atoms with Gasteiger partial charge in [-0.25, -0.2) is 0 Å². The largest absolute Gasteiger partial charge is 0.469 e. The van der Waals surface area contributed by atoms with Crippen molar-refractivity contribution in [2.45, 2.75) is 37.8 Å². The lowest BCUT2D eigenvalue weighted by Gasteiger charge is -2.29. The highest BCUT2D eigenvalue weighted by atomic mass is 16.5. The van der Waals surface area contributed by atoms with E-state index in [4.69, 9.17) is 9.15 Å². The van der Waals surface area contributed by atoms with Crippen LogP contribution in [0.5, 0.6) is 0 Å². The molecular weight excluding hydrogens is 190 g/mol. The Bertz CT molecular complexity index is 265. The van der Waals surface area contributed by atoms with E-state index in [0.29, 0.717) is 12.1 Å². The standard InChI is InChI=1S/C12H19NO2/c1-13-11(9-10-5-4-8-14-10)12-6-2-3-7-15-12/h4-5,8,11-13H,2-3,6-7,9H2,1H3. The van der Waals surface area contributed by atoms with Crippen LogP contribution in [-0.2, 0) is 11.2 Å². The molecular formula is C12H19NO2. The molecule has 15 heavy (non-hydrogen) atoms. The molecule has 2 atom stereocenters. The van der Waals surface area contributed by atoms with Crippen molar-refractivity contribution in [2.75, 3.05) is 13.7 Å². The Hall–Kier alpha value is -0.800. The summed E-state index contributed by atoms with van der Waals surface area (Å²) in [7, 11) is 1.99. The van der Waals surface area contributed by atoms with Crippen molar-refractivity contribution in [1.82, 2.24) is 5.32 Å². The van der Waals surface area contributed by atoms with Crippen molar-refractivity contribution in [1.29, 1.82) is 0 Å². The fraction of sp³-hybridized carbons (Fsp3) is 0.667. The second-order valence-electron chi connectivity index (χ2n) is 4.08. The first kappa shape index (κ1) is 10.7. The van der Waals surface area contributed by atoms with Gasteiger partial charge in [0, 0.05) is 19.1 Å². The summed E-state index contributed by atoms with van der Waals surface area (Å²) in [6.45, 7) is 0.904. The van der Waals surface area contributed by atoms with Crippen LogP contribution in [-0.4, -0.2) is 25.8 Å². The minimum Gasteiger partial charge on any atom is -0.469 e. The van der Waals surface area contributed by atoms with Crippen molar-refractivity contribution < 1.29 is 9.15 Å². The van der Waals surface area contributed by atoms with Crippen molar-refractivity contribution in [3.05, 3.63) is 24.2 Å². The van der Waals surface area contributed by atoms with Crippen LogP contribution in [0.3, 0.4) is 0 Å². The molecule has 0 spiro atoms. The summed E-state index contributed by atoms with van der Waals surface area (Å²) >= 11 is 0. The lowest BCUT2D eigenvalue weighted by molar-refractivity contribution is -0.00679. The van der Waals surface area contributed by atoms with E-state index < -0.39 is 0 Å². The van der Waals surface area contributed by atoms with Crippen LogP contribution in [0.4, 0.5) is 0 Å². The molecule has 84 valence electrons. The third kappa shape index (κ3) is 2.83. The number of hydrogen-bond donors (Lipinski definition) is 1. The van der Waals surface area contributed by atoms with Crippen molar-refractivity contribution in [3.8, 4) is 0 Å². The fourth-order valence-electron chi connectivity index (χ4n) is 2.15. The van der Waals surface area contributed by atoms with Crippen LogP contribution < -0.4 is 5.32 Å². The molecule has 0 bridgehead atoms. The zero-order chi connectivity index (χ0) is 10.5. The summed E-state index contributed by atoms with van der Waals surface area (Å²) in [6.07, 6.45) is 6.62. The first-order valence-electron chi connectivity index (χ1n) is 5.71. The third-order valence-corrected chi connectivity index (χ3v) is 3.04. The molecule has 0 saturated carbocycles. The molecule has 1 aliphatic heterocycles. The second-order valence-corrected chi connectivity index (χ2v) is 4.08. The van der Waals surface area contributed by atoms with Gasteiger partial charge >= 0.3 is 0 Å². The van der Waals surface area contributed by atoms with Crippen molar-refractivity contribution in [2.24, 2.45) is 0 Å². The van der Waals surface area contributed by atoms with Crippen molar-refractivity contribution in [3.63, 3.8) is 0 Å². The number of hydrogen-bond acceptors (Lipinski definition) is 3. The maximum Gasteiger partial charge on any atom is 0.105 e. The highest BCUT2D eigenvalue weighted by Crippen LogP contribution is 2.18. The first-order valence-corrected chi connectivity index (χ1v) is 5.71. The SMILES string of the molecule is CNC(Cc1ccco1)C1CCCCO1. The van der Waals surface area contributed by atoms with E-state index >= 15 is 0 Å². The van der Waals surface area contributed by atoms with Gasteiger partial charge in [0.1, 0.15) is 5.76 Å². The van der Waals surface area contributed by atoms with E-state index in [-0.39, 0.29) is 0 Å². The summed E-state index contributed by atoms with van der Waals surface area (Å²) in [5.74, 6) is 1.03. The van der Waals surface area contributed by atoms with Crippen LogP contribution in [0.25, 0.3) is 0 Å².